The molecule has 1 atom stereocenters. The first kappa shape index (κ1) is 14.2. The van der Waals surface area contributed by atoms with Crippen molar-refractivity contribution in [2.45, 2.75) is 18.7 Å². The predicted octanol–water partition coefficient (Wildman–Crippen LogP) is 5.24. The van der Waals surface area contributed by atoms with Gasteiger partial charge in [-0.05, 0) is 35.2 Å². The van der Waals surface area contributed by atoms with Crippen molar-refractivity contribution in [2.24, 2.45) is 0 Å². The summed E-state index contributed by atoms with van der Waals surface area (Å²) in [7, 11) is 1.62. The smallest absolute Gasteiger partial charge is 0.120 e. The van der Waals surface area contributed by atoms with Crippen LogP contribution >= 0.6 is 23.2 Å². The number of aryl methyl sites for hydroxylation is 1. The lowest BCUT2D eigenvalue weighted by Gasteiger charge is -2.13. The van der Waals surface area contributed by atoms with E-state index in [1.165, 1.54) is 5.56 Å². The molecule has 0 aliphatic rings. The molecule has 0 spiro atoms. The second-order valence-corrected chi connectivity index (χ2v) is 5.19. The maximum Gasteiger partial charge on any atom is 0.120 e. The van der Waals surface area contributed by atoms with Crippen LogP contribution in [-0.4, -0.2) is 7.11 Å². The number of alkyl halides is 1. The van der Waals surface area contributed by atoms with Crippen LogP contribution in [0.15, 0.2) is 42.5 Å². The van der Waals surface area contributed by atoms with E-state index in [2.05, 4.69) is 31.2 Å². The molecule has 0 fully saturated rings. The van der Waals surface area contributed by atoms with Gasteiger partial charge < -0.3 is 4.74 Å². The Balaban J connectivity index is 2.29. The molecule has 3 heteroatoms. The Labute approximate surface area is 124 Å². The third-order valence-corrected chi connectivity index (χ3v) is 3.98. The standard InChI is InChI=1S/C16H16Cl2O/c1-3-11-4-6-12(7-5-11)16(18)14-9-8-13(19-2)10-15(14)17/h4-10,16H,3H2,1-2H3. The zero-order valence-electron chi connectivity index (χ0n) is 11.0. The van der Waals surface area contributed by atoms with E-state index < -0.39 is 0 Å². The predicted molar refractivity (Wildman–Crippen MR) is 81.5 cm³/mol. The summed E-state index contributed by atoms with van der Waals surface area (Å²) in [6.07, 6.45) is 1.02. The summed E-state index contributed by atoms with van der Waals surface area (Å²) in [6, 6.07) is 13.9. The maximum atomic E-state index is 6.50. The van der Waals surface area contributed by atoms with E-state index in [1.807, 2.05) is 12.1 Å². The molecule has 0 saturated heterocycles. The van der Waals surface area contributed by atoms with Crippen molar-refractivity contribution in [3.05, 3.63) is 64.2 Å². The molecule has 2 aromatic rings. The molecular formula is C16H16Cl2O. The Morgan fingerprint density at radius 1 is 1.11 bits per heavy atom. The quantitative estimate of drug-likeness (QED) is 0.701. The third-order valence-electron chi connectivity index (χ3n) is 3.16. The van der Waals surface area contributed by atoms with Crippen LogP contribution < -0.4 is 4.74 Å². The fraction of sp³-hybridized carbons (Fsp3) is 0.250. The zero-order chi connectivity index (χ0) is 13.8. The fourth-order valence-corrected chi connectivity index (χ4v) is 2.61. The summed E-state index contributed by atoms with van der Waals surface area (Å²) in [4.78, 5) is 0. The van der Waals surface area contributed by atoms with E-state index >= 15 is 0 Å². The van der Waals surface area contributed by atoms with E-state index in [4.69, 9.17) is 27.9 Å². The molecule has 1 unspecified atom stereocenters. The fourth-order valence-electron chi connectivity index (χ4n) is 1.94. The lowest BCUT2D eigenvalue weighted by Crippen LogP contribution is -1.95. The highest BCUT2D eigenvalue weighted by atomic mass is 35.5. The average Bonchev–Trinajstić information content (AvgIpc) is 2.46. The van der Waals surface area contributed by atoms with E-state index in [-0.39, 0.29) is 5.38 Å². The minimum atomic E-state index is -0.246. The normalized spacial score (nSPS) is 12.2. The van der Waals surface area contributed by atoms with E-state index in [0.29, 0.717) is 5.02 Å². The van der Waals surface area contributed by atoms with Crippen LogP contribution in [0.4, 0.5) is 0 Å². The first-order valence-corrected chi connectivity index (χ1v) is 7.03. The van der Waals surface area contributed by atoms with E-state index in [9.17, 15) is 0 Å². The van der Waals surface area contributed by atoms with Crippen molar-refractivity contribution < 1.29 is 4.74 Å². The second kappa shape index (κ2) is 6.31. The summed E-state index contributed by atoms with van der Waals surface area (Å²) in [5.41, 5.74) is 3.24. The highest BCUT2D eigenvalue weighted by Crippen LogP contribution is 2.35. The summed E-state index contributed by atoms with van der Waals surface area (Å²) in [5, 5.41) is 0.378. The van der Waals surface area contributed by atoms with Gasteiger partial charge in [-0.25, -0.2) is 0 Å². The van der Waals surface area contributed by atoms with Gasteiger partial charge in [-0.1, -0.05) is 48.9 Å². The van der Waals surface area contributed by atoms with Crippen LogP contribution in [0.1, 0.15) is 29.0 Å². The highest BCUT2D eigenvalue weighted by molar-refractivity contribution is 6.33. The summed E-state index contributed by atoms with van der Waals surface area (Å²) in [5.74, 6) is 0.735. The van der Waals surface area contributed by atoms with Gasteiger partial charge in [0.1, 0.15) is 5.75 Å². The number of methoxy groups -OCH3 is 1. The number of rotatable bonds is 4. The Morgan fingerprint density at radius 2 is 1.79 bits per heavy atom. The van der Waals surface area contributed by atoms with Gasteiger partial charge in [0, 0.05) is 5.02 Å². The largest absolute Gasteiger partial charge is 0.497 e. The van der Waals surface area contributed by atoms with Crippen molar-refractivity contribution in [3.8, 4) is 5.75 Å². The van der Waals surface area contributed by atoms with Gasteiger partial charge in [-0.3, -0.25) is 0 Å². The summed E-state index contributed by atoms with van der Waals surface area (Å²) >= 11 is 12.7. The Bertz CT molecular complexity index is 549. The van der Waals surface area contributed by atoms with Crippen LogP contribution in [0.5, 0.6) is 5.75 Å². The van der Waals surface area contributed by atoms with Crippen LogP contribution in [-0.2, 0) is 6.42 Å². The molecule has 100 valence electrons. The van der Waals surface area contributed by atoms with Crippen molar-refractivity contribution in [1.82, 2.24) is 0 Å². The number of benzene rings is 2. The number of hydrogen-bond acceptors (Lipinski definition) is 1. The first-order valence-electron chi connectivity index (χ1n) is 6.22. The van der Waals surface area contributed by atoms with Crippen molar-refractivity contribution in [1.29, 1.82) is 0 Å². The lowest BCUT2D eigenvalue weighted by molar-refractivity contribution is 0.414. The van der Waals surface area contributed by atoms with Gasteiger partial charge in [0.25, 0.3) is 0 Å². The van der Waals surface area contributed by atoms with Gasteiger partial charge in [-0.2, -0.15) is 0 Å². The lowest BCUT2D eigenvalue weighted by atomic mass is 10.0. The van der Waals surface area contributed by atoms with Gasteiger partial charge in [0.15, 0.2) is 0 Å². The Morgan fingerprint density at radius 3 is 2.32 bits per heavy atom. The monoisotopic (exact) mass is 294 g/mol. The highest BCUT2D eigenvalue weighted by Gasteiger charge is 2.14. The summed E-state index contributed by atoms with van der Waals surface area (Å²) < 4.78 is 5.14. The van der Waals surface area contributed by atoms with Crippen LogP contribution in [0.3, 0.4) is 0 Å². The summed E-state index contributed by atoms with van der Waals surface area (Å²) in [6.45, 7) is 2.13. The van der Waals surface area contributed by atoms with Gasteiger partial charge in [0.2, 0.25) is 0 Å². The minimum absolute atomic E-state index is 0.246. The molecule has 0 radical (unpaired) electrons. The number of hydrogen-bond donors (Lipinski definition) is 0. The van der Waals surface area contributed by atoms with E-state index in [1.54, 1.807) is 13.2 Å². The molecule has 2 aromatic carbocycles. The van der Waals surface area contributed by atoms with Gasteiger partial charge >= 0.3 is 0 Å². The molecular weight excluding hydrogens is 279 g/mol. The minimum Gasteiger partial charge on any atom is -0.497 e. The van der Waals surface area contributed by atoms with Crippen molar-refractivity contribution in [3.63, 3.8) is 0 Å². The molecule has 0 saturated carbocycles. The van der Waals surface area contributed by atoms with Gasteiger partial charge in [0.05, 0.1) is 12.5 Å². The average molecular weight is 295 g/mol. The van der Waals surface area contributed by atoms with Crippen LogP contribution in [0.2, 0.25) is 5.02 Å². The van der Waals surface area contributed by atoms with E-state index in [0.717, 1.165) is 23.3 Å². The number of ether oxygens (including phenoxy) is 1. The second-order valence-electron chi connectivity index (χ2n) is 4.35. The molecule has 0 bridgehead atoms. The molecule has 0 aliphatic heterocycles. The van der Waals surface area contributed by atoms with Gasteiger partial charge in [-0.15, -0.1) is 11.6 Å². The number of halogens is 2. The first-order chi connectivity index (χ1) is 9.15. The van der Waals surface area contributed by atoms with Crippen molar-refractivity contribution >= 4 is 23.2 Å². The van der Waals surface area contributed by atoms with Crippen molar-refractivity contribution in [2.75, 3.05) is 7.11 Å². The van der Waals surface area contributed by atoms with Crippen LogP contribution in [0, 0.1) is 0 Å². The molecule has 0 amide bonds. The Hall–Kier alpha value is -1.18. The zero-order valence-corrected chi connectivity index (χ0v) is 12.5. The molecule has 1 nitrogen and oxygen atoms in total. The Kier molecular flexibility index (Phi) is 4.73. The molecule has 0 heterocycles. The third kappa shape index (κ3) is 3.23. The molecule has 2 rings (SSSR count). The SMILES string of the molecule is CCc1ccc(C(Cl)c2ccc(OC)cc2Cl)cc1. The molecule has 0 N–H and O–H groups in total. The molecule has 0 aliphatic carbocycles. The van der Waals surface area contributed by atoms with Crippen LogP contribution in [0.25, 0.3) is 0 Å². The maximum absolute atomic E-state index is 6.50. The molecule has 19 heavy (non-hydrogen) atoms. The molecule has 0 aromatic heterocycles. The topological polar surface area (TPSA) is 9.23 Å².